The van der Waals surface area contributed by atoms with E-state index in [1.54, 1.807) is 0 Å². The number of hydrogen-bond donors (Lipinski definition) is 2. The molecule has 1 rings (SSSR count). The molecule has 0 fully saturated rings. The third-order valence-corrected chi connectivity index (χ3v) is 4.11. The van der Waals surface area contributed by atoms with Gasteiger partial charge in [-0.2, -0.15) is 0 Å². The molecule has 1 aromatic rings. The van der Waals surface area contributed by atoms with Crippen LogP contribution in [0.1, 0.15) is 38.3 Å². The van der Waals surface area contributed by atoms with Crippen molar-refractivity contribution in [2.75, 3.05) is 6.61 Å². The molecular weight excluding hydrogens is 290 g/mol. The molecule has 2 N–H and O–H groups in total. The first-order valence-electron chi connectivity index (χ1n) is 6.44. The summed E-state index contributed by atoms with van der Waals surface area (Å²) in [7, 11) is 0. The molecule has 0 heterocycles. The lowest BCUT2D eigenvalue weighted by atomic mass is 9.85. The SMILES string of the molecule is Cc1ccc(CN[C@H](CCO)C(C)(C)C)cc1Br. The fourth-order valence-corrected chi connectivity index (χ4v) is 2.38. The van der Waals surface area contributed by atoms with Crippen LogP contribution in [0.25, 0.3) is 0 Å². The monoisotopic (exact) mass is 313 g/mol. The Hall–Kier alpha value is -0.380. The number of aliphatic hydroxyl groups is 1. The van der Waals surface area contributed by atoms with E-state index in [9.17, 15) is 0 Å². The third kappa shape index (κ3) is 4.71. The summed E-state index contributed by atoms with van der Waals surface area (Å²) in [5, 5.41) is 12.7. The zero-order valence-corrected chi connectivity index (χ0v) is 13.3. The van der Waals surface area contributed by atoms with Crippen LogP contribution in [0.4, 0.5) is 0 Å². The minimum Gasteiger partial charge on any atom is -0.396 e. The predicted molar refractivity (Wildman–Crippen MR) is 80.7 cm³/mol. The van der Waals surface area contributed by atoms with Gasteiger partial charge >= 0.3 is 0 Å². The number of benzene rings is 1. The number of aliphatic hydroxyl groups excluding tert-OH is 1. The van der Waals surface area contributed by atoms with Crippen molar-refractivity contribution in [2.24, 2.45) is 5.41 Å². The van der Waals surface area contributed by atoms with Gasteiger partial charge in [-0.1, -0.05) is 48.8 Å². The molecule has 0 bridgehead atoms. The summed E-state index contributed by atoms with van der Waals surface area (Å²) in [5.74, 6) is 0. The van der Waals surface area contributed by atoms with Crippen LogP contribution in [0.5, 0.6) is 0 Å². The molecule has 1 aromatic carbocycles. The maximum atomic E-state index is 9.13. The lowest BCUT2D eigenvalue weighted by Crippen LogP contribution is -2.40. The van der Waals surface area contributed by atoms with Crippen molar-refractivity contribution < 1.29 is 5.11 Å². The minimum absolute atomic E-state index is 0.157. The zero-order valence-electron chi connectivity index (χ0n) is 11.8. The van der Waals surface area contributed by atoms with Crippen LogP contribution >= 0.6 is 15.9 Å². The van der Waals surface area contributed by atoms with Gasteiger partial charge in [-0.15, -0.1) is 0 Å². The summed E-state index contributed by atoms with van der Waals surface area (Å²) in [6, 6.07) is 6.74. The van der Waals surface area contributed by atoms with Crippen LogP contribution in [0, 0.1) is 12.3 Å². The van der Waals surface area contributed by atoms with Crippen LogP contribution in [0.15, 0.2) is 22.7 Å². The molecule has 1 atom stereocenters. The average molecular weight is 314 g/mol. The Morgan fingerprint density at radius 2 is 2.00 bits per heavy atom. The molecule has 0 spiro atoms. The Morgan fingerprint density at radius 1 is 1.33 bits per heavy atom. The Kier molecular flexibility index (Phi) is 5.83. The maximum Gasteiger partial charge on any atom is 0.0446 e. The molecular formula is C15H24BrNO. The lowest BCUT2D eigenvalue weighted by Gasteiger charge is -2.31. The van der Waals surface area contributed by atoms with Gasteiger partial charge in [0.25, 0.3) is 0 Å². The first-order chi connectivity index (χ1) is 8.34. The van der Waals surface area contributed by atoms with Crippen LogP contribution in [0.3, 0.4) is 0 Å². The molecule has 102 valence electrons. The standard InChI is InChI=1S/C15H24BrNO/c1-11-5-6-12(9-13(11)16)10-17-14(7-8-18)15(2,3)4/h5-6,9,14,17-18H,7-8,10H2,1-4H3/t14-/m1/s1. The first kappa shape index (κ1) is 15.7. The predicted octanol–water partition coefficient (Wildman–Crippen LogP) is 3.64. The van der Waals surface area contributed by atoms with Crippen LogP contribution in [-0.4, -0.2) is 17.8 Å². The van der Waals surface area contributed by atoms with Gasteiger partial charge in [0, 0.05) is 23.7 Å². The smallest absolute Gasteiger partial charge is 0.0446 e. The maximum absolute atomic E-state index is 9.13. The Balaban J connectivity index is 2.64. The van der Waals surface area contributed by atoms with Crippen molar-refractivity contribution in [1.82, 2.24) is 5.32 Å². The van der Waals surface area contributed by atoms with Crippen molar-refractivity contribution in [3.05, 3.63) is 33.8 Å². The van der Waals surface area contributed by atoms with E-state index in [-0.39, 0.29) is 12.0 Å². The number of hydrogen-bond acceptors (Lipinski definition) is 2. The molecule has 3 heteroatoms. The van der Waals surface area contributed by atoms with Gasteiger partial charge in [0.05, 0.1) is 0 Å². The highest BCUT2D eigenvalue weighted by molar-refractivity contribution is 9.10. The molecule has 18 heavy (non-hydrogen) atoms. The highest BCUT2D eigenvalue weighted by atomic mass is 79.9. The van der Waals surface area contributed by atoms with Crippen molar-refractivity contribution >= 4 is 15.9 Å². The van der Waals surface area contributed by atoms with Gasteiger partial charge in [0.15, 0.2) is 0 Å². The summed E-state index contributed by atoms with van der Waals surface area (Å²) < 4.78 is 1.15. The van der Waals surface area contributed by atoms with Gasteiger partial charge < -0.3 is 10.4 Å². The molecule has 0 amide bonds. The number of nitrogens with one attached hydrogen (secondary N) is 1. The van der Waals surface area contributed by atoms with E-state index < -0.39 is 0 Å². The van der Waals surface area contributed by atoms with Gasteiger partial charge in [-0.25, -0.2) is 0 Å². The Labute approximate surface area is 119 Å². The van der Waals surface area contributed by atoms with E-state index >= 15 is 0 Å². The molecule has 0 aromatic heterocycles. The molecule has 0 aliphatic heterocycles. The summed E-state index contributed by atoms with van der Waals surface area (Å²) in [4.78, 5) is 0. The van der Waals surface area contributed by atoms with Crippen molar-refractivity contribution in [3.8, 4) is 0 Å². The number of rotatable bonds is 5. The van der Waals surface area contributed by atoms with E-state index in [0.29, 0.717) is 6.04 Å². The summed E-state index contributed by atoms with van der Waals surface area (Å²) in [6.45, 7) is 9.75. The molecule has 0 saturated heterocycles. The summed E-state index contributed by atoms with van der Waals surface area (Å²) in [5.41, 5.74) is 2.67. The second-order valence-electron chi connectivity index (χ2n) is 5.90. The summed E-state index contributed by atoms with van der Waals surface area (Å²) >= 11 is 3.56. The second-order valence-corrected chi connectivity index (χ2v) is 6.75. The van der Waals surface area contributed by atoms with E-state index in [1.165, 1.54) is 11.1 Å². The second kappa shape index (κ2) is 6.69. The highest BCUT2D eigenvalue weighted by Gasteiger charge is 2.23. The normalized spacial score (nSPS) is 13.7. The molecule has 0 aliphatic carbocycles. The minimum atomic E-state index is 0.157. The quantitative estimate of drug-likeness (QED) is 0.869. The molecule has 2 nitrogen and oxygen atoms in total. The third-order valence-electron chi connectivity index (χ3n) is 3.25. The zero-order chi connectivity index (χ0) is 13.8. The van der Waals surface area contributed by atoms with Gasteiger partial charge in [-0.05, 0) is 36.0 Å². The highest BCUT2D eigenvalue weighted by Crippen LogP contribution is 2.23. The average Bonchev–Trinajstić information content (AvgIpc) is 2.27. The number of halogens is 1. The fourth-order valence-electron chi connectivity index (χ4n) is 1.96. The lowest BCUT2D eigenvalue weighted by molar-refractivity contribution is 0.196. The molecule has 0 radical (unpaired) electrons. The molecule has 0 aliphatic rings. The number of aryl methyl sites for hydroxylation is 1. The Morgan fingerprint density at radius 3 is 2.50 bits per heavy atom. The van der Waals surface area contributed by atoms with E-state index in [1.807, 2.05) is 0 Å². The van der Waals surface area contributed by atoms with Crippen LogP contribution in [0.2, 0.25) is 0 Å². The first-order valence-corrected chi connectivity index (χ1v) is 7.23. The molecule has 0 saturated carbocycles. The van der Waals surface area contributed by atoms with E-state index in [4.69, 9.17) is 5.11 Å². The van der Waals surface area contributed by atoms with Crippen molar-refractivity contribution in [1.29, 1.82) is 0 Å². The van der Waals surface area contributed by atoms with E-state index in [0.717, 1.165) is 17.4 Å². The fraction of sp³-hybridized carbons (Fsp3) is 0.600. The summed E-state index contributed by atoms with van der Waals surface area (Å²) in [6.07, 6.45) is 0.788. The van der Waals surface area contributed by atoms with Crippen molar-refractivity contribution in [3.63, 3.8) is 0 Å². The molecule has 0 unspecified atom stereocenters. The van der Waals surface area contributed by atoms with E-state index in [2.05, 4.69) is 67.1 Å². The Bertz CT molecular complexity index is 385. The largest absolute Gasteiger partial charge is 0.396 e. The van der Waals surface area contributed by atoms with Crippen molar-refractivity contribution in [2.45, 2.75) is 46.7 Å². The van der Waals surface area contributed by atoms with Gasteiger partial charge in [0.2, 0.25) is 0 Å². The van der Waals surface area contributed by atoms with Crippen LogP contribution < -0.4 is 5.32 Å². The van der Waals surface area contributed by atoms with Gasteiger partial charge in [0.1, 0.15) is 0 Å². The van der Waals surface area contributed by atoms with Gasteiger partial charge in [-0.3, -0.25) is 0 Å². The van der Waals surface area contributed by atoms with Crippen LogP contribution in [-0.2, 0) is 6.54 Å². The topological polar surface area (TPSA) is 32.3 Å².